The van der Waals surface area contributed by atoms with Gasteiger partial charge in [-0.3, -0.25) is 9.30 Å². The van der Waals surface area contributed by atoms with Crippen molar-refractivity contribution >= 4 is 41.4 Å². The SMILES string of the molecule is CO[C@H](C)COc1cc2nc(-c3nnc4ccc([C@H](N5CC[C@](C)(N)C5)C(F)(F)F)cn34)ccc2cc1F.Cl.Cl. The Hall–Kier alpha value is -2.77. The van der Waals surface area contributed by atoms with E-state index in [1.807, 2.05) is 0 Å². The number of rotatable bonds is 7. The fourth-order valence-corrected chi connectivity index (χ4v) is 4.73. The molecule has 0 bridgehead atoms. The number of likely N-dealkylation sites (tertiary alicyclic amines) is 1. The highest BCUT2D eigenvalue weighted by Gasteiger charge is 2.48. The molecule has 1 aromatic carbocycles. The van der Waals surface area contributed by atoms with Crippen LogP contribution in [0.15, 0.2) is 42.6 Å². The molecule has 218 valence electrons. The molecule has 0 unspecified atom stereocenters. The van der Waals surface area contributed by atoms with Crippen LogP contribution in [0.2, 0.25) is 0 Å². The maximum atomic E-state index is 14.5. The number of fused-ring (bicyclic) bond motifs is 2. The third-order valence-corrected chi connectivity index (χ3v) is 6.80. The number of nitrogens with two attached hydrogens (primary N) is 1. The third kappa shape index (κ3) is 6.41. The lowest BCUT2D eigenvalue weighted by Gasteiger charge is -2.31. The fraction of sp³-hybridized carbons (Fsp3) is 0.423. The molecular weight excluding hydrogens is 575 g/mol. The van der Waals surface area contributed by atoms with Gasteiger partial charge in [-0.05, 0) is 44.0 Å². The Morgan fingerprint density at radius 1 is 1.12 bits per heavy atom. The van der Waals surface area contributed by atoms with Crippen molar-refractivity contribution in [2.75, 3.05) is 26.8 Å². The largest absolute Gasteiger partial charge is 0.488 e. The summed E-state index contributed by atoms with van der Waals surface area (Å²) in [5.41, 5.74) is 6.66. The normalized spacial score (nSPS) is 19.3. The van der Waals surface area contributed by atoms with Crippen molar-refractivity contribution < 1.29 is 27.0 Å². The van der Waals surface area contributed by atoms with E-state index in [9.17, 15) is 17.6 Å². The second-order valence-electron chi connectivity index (χ2n) is 10.1. The van der Waals surface area contributed by atoms with Crippen molar-refractivity contribution in [1.29, 1.82) is 0 Å². The topological polar surface area (TPSA) is 90.8 Å². The number of alkyl halides is 3. The van der Waals surface area contributed by atoms with Crippen LogP contribution < -0.4 is 10.5 Å². The molecule has 1 aliphatic heterocycles. The maximum absolute atomic E-state index is 14.5. The summed E-state index contributed by atoms with van der Waals surface area (Å²) in [5, 5.41) is 8.82. The first kappa shape index (κ1) is 31.8. The molecule has 1 saturated heterocycles. The van der Waals surface area contributed by atoms with Crippen molar-refractivity contribution in [3.8, 4) is 17.3 Å². The molecule has 1 aliphatic rings. The molecule has 0 aliphatic carbocycles. The predicted molar refractivity (Wildman–Crippen MR) is 148 cm³/mol. The van der Waals surface area contributed by atoms with Crippen LogP contribution in [0.3, 0.4) is 0 Å². The standard InChI is InChI=1S/C26H28F4N6O2.2ClH/c1-15(37-3)13-38-21-11-20-16(10-18(21)27)4-6-19(32-20)24-34-33-22-7-5-17(12-36(22)24)23(26(28,29)30)35-9-8-25(2,31)14-35;;/h4-7,10-12,15,23H,8-9,13-14,31H2,1-3H3;2*1H/t15-,23+,25+;;/m1../s1. The van der Waals surface area contributed by atoms with Gasteiger partial charge in [-0.2, -0.15) is 13.2 Å². The van der Waals surface area contributed by atoms with E-state index in [1.54, 1.807) is 26.0 Å². The molecule has 3 aromatic heterocycles. The molecule has 4 heterocycles. The molecule has 0 radical (unpaired) electrons. The molecule has 8 nitrogen and oxygen atoms in total. The molecule has 2 N–H and O–H groups in total. The minimum absolute atomic E-state index is 0. The lowest BCUT2D eigenvalue weighted by atomic mass is 10.0. The maximum Gasteiger partial charge on any atom is 0.408 e. The summed E-state index contributed by atoms with van der Waals surface area (Å²) >= 11 is 0. The number of pyridine rings is 2. The number of benzene rings is 1. The average Bonchev–Trinajstić information content (AvgIpc) is 3.43. The quantitative estimate of drug-likeness (QED) is 0.284. The molecule has 0 amide bonds. The molecular formula is C26H30Cl2F4N6O2. The molecule has 4 aromatic rings. The fourth-order valence-electron chi connectivity index (χ4n) is 4.73. The molecule has 3 atom stereocenters. The monoisotopic (exact) mass is 604 g/mol. The van der Waals surface area contributed by atoms with Crippen molar-refractivity contribution in [2.45, 2.75) is 44.1 Å². The third-order valence-electron chi connectivity index (χ3n) is 6.80. The van der Waals surface area contributed by atoms with Crippen LogP contribution in [0.25, 0.3) is 28.1 Å². The van der Waals surface area contributed by atoms with Gasteiger partial charge in [0.1, 0.15) is 18.3 Å². The van der Waals surface area contributed by atoms with Gasteiger partial charge in [-0.25, -0.2) is 9.37 Å². The smallest absolute Gasteiger partial charge is 0.408 e. The first-order valence-electron chi connectivity index (χ1n) is 12.2. The van der Waals surface area contributed by atoms with Crippen LogP contribution in [0, 0.1) is 5.82 Å². The molecule has 5 rings (SSSR count). The summed E-state index contributed by atoms with van der Waals surface area (Å²) in [6.07, 6.45) is -2.88. The lowest BCUT2D eigenvalue weighted by molar-refractivity contribution is -0.184. The van der Waals surface area contributed by atoms with Gasteiger partial charge in [0.2, 0.25) is 0 Å². The predicted octanol–water partition coefficient (Wildman–Crippen LogP) is 5.37. The van der Waals surface area contributed by atoms with Crippen LogP contribution in [0.4, 0.5) is 17.6 Å². The van der Waals surface area contributed by atoms with Gasteiger partial charge >= 0.3 is 6.18 Å². The summed E-state index contributed by atoms with van der Waals surface area (Å²) in [6.45, 7) is 4.06. The van der Waals surface area contributed by atoms with Crippen LogP contribution in [-0.2, 0) is 4.74 Å². The molecule has 14 heteroatoms. The van der Waals surface area contributed by atoms with Crippen molar-refractivity contribution in [2.24, 2.45) is 5.73 Å². The van der Waals surface area contributed by atoms with Crippen molar-refractivity contribution in [3.63, 3.8) is 0 Å². The Morgan fingerprint density at radius 3 is 2.52 bits per heavy atom. The van der Waals surface area contributed by atoms with E-state index in [1.165, 1.54) is 46.9 Å². The summed E-state index contributed by atoms with van der Waals surface area (Å²) in [6, 6.07) is 7.17. The summed E-state index contributed by atoms with van der Waals surface area (Å²) in [5.74, 6) is -0.263. The zero-order valence-corrected chi connectivity index (χ0v) is 23.6. The van der Waals surface area contributed by atoms with E-state index in [0.29, 0.717) is 28.7 Å². The van der Waals surface area contributed by atoms with Crippen molar-refractivity contribution in [1.82, 2.24) is 24.5 Å². The van der Waals surface area contributed by atoms with Gasteiger partial charge in [0.15, 0.2) is 23.0 Å². The highest BCUT2D eigenvalue weighted by atomic mass is 35.5. The number of hydrogen-bond donors (Lipinski definition) is 1. The van der Waals surface area contributed by atoms with E-state index >= 15 is 0 Å². The zero-order chi connectivity index (χ0) is 27.2. The van der Waals surface area contributed by atoms with E-state index in [2.05, 4.69) is 15.2 Å². The van der Waals surface area contributed by atoms with Crippen LogP contribution in [0.1, 0.15) is 31.9 Å². The number of nitrogens with zero attached hydrogens (tertiary/aromatic N) is 5. The van der Waals surface area contributed by atoms with Crippen LogP contribution in [0.5, 0.6) is 5.75 Å². The molecule has 40 heavy (non-hydrogen) atoms. The highest BCUT2D eigenvalue weighted by molar-refractivity contribution is 5.85. The number of hydrogen-bond acceptors (Lipinski definition) is 7. The first-order chi connectivity index (χ1) is 17.9. The van der Waals surface area contributed by atoms with Crippen LogP contribution >= 0.6 is 24.8 Å². The Morgan fingerprint density at radius 2 is 1.88 bits per heavy atom. The van der Waals surface area contributed by atoms with Gasteiger partial charge in [0.05, 0.1) is 11.6 Å². The zero-order valence-electron chi connectivity index (χ0n) is 22.0. The number of halogens is 6. The average molecular weight is 605 g/mol. The number of aromatic nitrogens is 4. The van der Waals surface area contributed by atoms with Gasteiger partial charge < -0.3 is 15.2 Å². The van der Waals surface area contributed by atoms with Gasteiger partial charge in [0.25, 0.3) is 0 Å². The Balaban J connectivity index is 0.00000220. The van der Waals surface area contributed by atoms with E-state index in [0.717, 1.165) is 0 Å². The van der Waals surface area contributed by atoms with Gasteiger partial charge in [-0.1, -0.05) is 12.1 Å². The Kier molecular flexibility index (Phi) is 9.52. The molecule has 0 spiro atoms. The van der Waals surface area contributed by atoms with Gasteiger partial charge in [-0.15, -0.1) is 35.0 Å². The summed E-state index contributed by atoms with van der Waals surface area (Å²) < 4.78 is 69.5. The van der Waals surface area contributed by atoms with E-state index in [4.69, 9.17) is 15.2 Å². The summed E-state index contributed by atoms with van der Waals surface area (Å²) in [4.78, 5) is 5.95. The van der Waals surface area contributed by atoms with Crippen molar-refractivity contribution in [3.05, 3.63) is 54.0 Å². The lowest BCUT2D eigenvalue weighted by Crippen LogP contribution is -2.43. The second-order valence-corrected chi connectivity index (χ2v) is 10.1. The van der Waals surface area contributed by atoms with E-state index in [-0.39, 0.29) is 67.8 Å². The minimum atomic E-state index is -4.51. The Labute approximate surface area is 240 Å². The molecule has 0 saturated carbocycles. The first-order valence-corrected chi connectivity index (χ1v) is 12.2. The Bertz CT molecular complexity index is 1480. The second kappa shape index (κ2) is 12.0. The minimum Gasteiger partial charge on any atom is -0.488 e. The van der Waals surface area contributed by atoms with Crippen LogP contribution in [-0.4, -0.2) is 69.1 Å². The van der Waals surface area contributed by atoms with E-state index < -0.39 is 23.6 Å². The number of methoxy groups -OCH3 is 1. The highest BCUT2D eigenvalue weighted by Crippen LogP contribution is 2.41. The number of ether oxygens (including phenoxy) is 2. The van der Waals surface area contributed by atoms with Gasteiger partial charge in [0, 0.05) is 43.4 Å². The summed E-state index contributed by atoms with van der Waals surface area (Å²) in [7, 11) is 1.53. The molecule has 1 fully saturated rings.